The largest absolute Gasteiger partial charge is 0.369 e. The first-order valence-electron chi connectivity index (χ1n) is 5.65. The lowest BCUT2D eigenvalue weighted by molar-refractivity contribution is 0.313. The Labute approximate surface area is 96.9 Å². The molecule has 1 fully saturated rings. The monoisotopic (exact) mass is 215 g/mol. The lowest BCUT2D eigenvalue weighted by Gasteiger charge is -2.34. The van der Waals surface area contributed by atoms with E-state index in [9.17, 15) is 0 Å². The Bertz CT molecular complexity index is 412. The highest BCUT2D eigenvalue weighted by atomic mass is 15.2. The average Bonchev–Trinajstić information content (AvgIpc) is 2.30. The fourth-order valence-electron chi connectivity index (χ4n) is 2.03. The molecule has 1 aliphatic heterocycles. The molecule has 1 heterocycles. The van der Waals surface area contributed by atoms with Crippen molar-refractivity contribution in [3.63, 3.8) is 0 Å². The molecule has 1 aromatic rings. The predicted octanol–water partition coefficient (Wildman–Crippen LogP) is 1.62. The standard InChI is InChI=1S/C13H17N3/c1-11-9-13(4-3-12(11)10-14)16-7-5-15(2)6-8-16/h3-4,9H,5-8H2,1-2H3. The van der Waals surface area contributed by atoms with Crippen molar-refractivity contribution in [2.24, 2.45) is 0 Å². The molecular formula is C13H17N3. The Morgan fingerprint density at radius 3 is 2.44 bits per heavy atom. The fraction of sp³-hybridized carbons (Fsp3) is 0.462. The van der Waals surface area contributed by atoms with Gasteiger partial charge in [0, 0.05) is 31.9 Å². The van der Waals surface area contributed by atoms with Gasteiger partial charge in [-0.1, -0.05) is 0 Å². The van der Waals surface area contributed by atoms with Crippen LogP contribution in [-0.4, -0.2) is 38.1 Å². The van der Waals surface area contributed by atoms with Gasteiger partial charge in [0.05, 0.1) is 11.6 Å². The van der Waals surface area contributed by atoms with E-state index in [1.54, 1.807) is 0 Å². The number of benzene rings is 1. The van der Waals surface area contributed by atoms with E-state index in [0.29, 0.717) is 0 Å². The molecule has 0 radical (unpaired) electrons. The Balaban J connectivity index is 2.16. The Kier molecular flexibility index (Phi) is 3.12. The smallest absolute Gasteiger partial charge is 0.0994 e. The van der Waals surface area contributed by atoms with Gasteiger partial charge in [-0.25, -0.2) is 0 Å². The zero-order valence-electron chi connectivity index (χ0n) is 9.90. The van der Waals surface area contributed by atoms with Crippen LogP contribution in [0.3, 0.4) is 0 Å². The van der Waals surface area contributed by atoms with Gasteiger partial charge in [0.15, 0.2) is 0 Å². The SMILES string of the molecule is Cc1cc(N2CCN(C)CC2)ccc1C#N. The summed E-state index contributed by atoms with van der Waals surface area (Å²) in [4.78, 5) is 4.72. The molecule has 0 aliphatic carbocycles. The Morgan fingerprint density at radius 2 is 1.88 bits per heavy atom. The Hall–Kier alpha value is -1.53. The van der Waals surface area contributed by atoms with Gasteiger partial charge in [0.25, 0.3) is 0 Å². The molecule has 1 aromatic carbocycles. The van der Waals surface area contributed by atoms with Crippen LogP contribution in [0.4, 0.5) is 5.69 Å². The van der Waals surface area contributed by atoms with Crippen LogP contribution in [-0.2, 0) is 0 Å². The van der Waals surface area contributed by atoms with Crippen molar-refractivity contribution in [3.8, 4) is 6.07 Å². The summed E-state index contributed by atoms with van der Waals surface area (Å²) in [5.41, 5.74) is 3.08. The number of hydrogen-bond acceptors (Lipinski definition) is 3. The second-order valence-corrected chi connectivity index (χ2v) is 4.40. The molecule has 16 heavy (non-hydrogen) atoms. The third-order valence-electron chi connectivity index (χ3n) is 3.20. The maximum Gasteiger partial charge on any atom is 0.0994 e. The first kappa shape index (κ1) is 11.0. The summed E-state index contributed by atoms with van der Waals surface area (Å²) in [6.45, 7) is 6.36. The number of piperazine rings is 1. The molecule has 1 saturated heterocycles. The van der Waals surface area contributed by atoms with Crippen LogP contribution in [0.1, 0.15) is 11.1 Å². The van der Waals surface area contributed by atoms with E-state index in [4.69, 9.17) is 5.26 Å². The molecule has 0 unspecified atom stereocenters. The van der Waals surface area contributed by atoms with Gasteiger partial charge < -0.3 is 9.80 Å². The zero-order chi connectivity index (χ0) is 11.5. The van der Waals surface area contributed by atoms with Crippen LogP contribution in [0.5, 0.6) is 0 Å². The second-order valence-electron chi connectivity index (χ2n) is 4.40. The third-order valence-corrected chi connectivity index (χ3v) is 3.20. The van der Waals surface area contributed by atoms with Crippen LogP contribution in [0.15, 0.2) is 18.2 Å². The molecule has 2 rings (SSSR count). The maximum absolute atomic E-state index is 8.88. The van der Waals surface area contributed by atoms with Gasteiger partial charge in [-0.15, -0.1) is 0 Å². The summed E-state index contributed by atoms with van der Waals surface area (Å²) >= 11 is 0. The van der Waals surface area contributed by atoms with Crippen molar-refractivity contribution in [3.05, 3.63) is 29.3 Å². The van der Waals surface area contributed by atoms with E-state index in [0.717, 1.165) is 37.3 Å². The van der Waals surface area contributed by atoms with Gasteiger partial charge in [0.2, 0.25) is 0 Å². The summed E-state index contributed by atoms with van der Waals surface area (Å²) < 4.78 is 0. The topological polar surface area (TPSA) is 30.3 Å². The van der Waals surface area contributed by atoms with E-state index in [2.05, 4.69) is 35.0 Å². The molecule has 0 spiro atoms. The first-order chi connectivity index (χ1) is 7.70. The number of nitriles is 1. The number of likely N-dealkylation sites (N-methyl/N-ethyl adjacent to an activating group) is 1. The normalized spacial score (nSPS) is 17.2. The fourth-order valence-corrected chi connectivity index (χ4v) is 2.03. The predicted molar refractivity (Wildman–Crippen MR) is 65.6 cm³/mol. The lowest BCUT2D eigenvalue weighted by Crippen LogP contribution is -2.44. The molecule has 3 nitrogen and oxygen atoms in total. The van der Waals surface area contributed by atoms with E-state index < -0.39 is 0 Å². The van der Waals surface area contributed by atoms with Crippen molar-refractivity contribution >= 4 is 5.69 Å². The van der Waals surface area contributed by atoms with Crippen molar-refractivity contribution < 1.29 is 0 Å². The van der Waals surface area contributed by atoms with Crippen LogP contribution in [0.25, 0.3) is 0 Å². The minimum absolute atomic E-state index is 0.776. The van der Waals surface area contributed by atoms with Crippen LogP contribution in [0, 0.1) is 18.3 Å². The highest BCUT2D eigenvalue weighted by Gasteiger charge is 2.14. The van der Waals surface area contributed by atoms with Gasteiger partial charge in [-0.3, -0.25) is 0 Å². The van der Waals surface area contributed by atoms with Crippen LogP contribution < -0.4 is 4.90 Å². The number of aryl methyl sites for hydroxylation is 1. The first-order valence-corrected chi connectivity index (χ1v) is 5.65. The zero-order valence-corrected chi connectivity index (χ0v) is 9.90. The molecule has 1 aliphatic rings. The highest BCUT2D eigenvalue weighted by molar-refractivity contribution is 5.53. The molecule has 84 valence electrons. The number of nitrogens with zero attached hydrogens (tertiary/aromatic N) is 3. The molecule has 0 bridgehead atoms. The average molecular weight is 215 g/mol. The highest BCUT2D eigenvalue weighted by Crippen LogP contribution is 2.19. The summed E-state index contributed by atoms with van der Waals surface area (Å²) in [5, 5.41) is 8.88. The summed E-state index contributed by atoms with van der Waals surface area (Å²) in [5.74, 6) is 0. The van der Waals surface area contributed by atoms with Gasteiger partial charge in [-0.05, 0) is 37.7 Å². The lowest BCUT2D eigenvalue weighted by atomic mass is 10.1. The van der Waals surface area contributed by atoms with Gasteiger partial charge in [0.1, 0.15) is 0 Å². The van der Waals surface area contributed by atoms with E-state index in [-0.39, 0.29) is 0 Å². The van der Waals surface area contributed by atoms with Crippen LogP contribution in [0.2, 0.25) is 0 Å². The molecule has 0 amide bonds. The maximum atomic E-state index is 8.88. The van der Waals surface area contributed by atoms with Crippen molar-refractivity contribution in [2.75, 3.05) is 38.1 Å². The minimum atomic E-state index is 0.776. The molecule has 0 aromatic heterocycles. The molecule has 0 atom stereocenters. The minimum Gasteiger partial charge on any atom is -0.369 e. The quantitative estimate of drug-likeness (QED) is 0.713. The van der Waals surface area contributed by atoms with Crippen molar-refractivity contribution in [1.82, 2.24) is 4.90 Å². The van der Waals surface area contributed by atoms with E-state index in [1.165, 1.54) is 5.69 Å². The van der Waals surface area contributed by atoms with Crippen molar-refractivity contribution in [1.29, 1.82) is 5.26 Å². The molecule has 0 N–H and O–H groups in total. The van der Waals surface area contributed by atoms with Gasteiger partial charge in [-0.2, -0.15) is 5.26 Å². The van der Waals surface area contributed by atoms with E-state index in [1.807, 2.05) is 13.0 Å². The third kappa shape index (κ3) is 2.17. The second kappa shape index (κ2) is 4.54. The van der Waals surface area contributed by atoms with Crippen molar-refractivity contribution in [2.45, 2.75) is 6.92 Å². The molecule has 0 saturated carbocycles. The summed E-state index contributed by atoms with van der Waals surface area (Å²) in [6, 6.07) is 8.29. The Morgan fingerprint density at radius 1 is 1.19 bits per heavy atom. The molecule has 3 heteroatoms. The summed E-state index contributed by atoms with van der Waals surface area (Å²) in [7, 11) is 2.15. The van der Waals surface area contributed by atoms with Crippen LogP contribution >= 0.6 is 0 Å². The molecular weight excluding hydrogens is 198 g/mol. The van der Waals surface area contributed by atoms with E-state index >= 15 is 0 Å². The number of anilines is 1. The summed E-state index contributed by atoms with van der Waals surface area (Å²) in [6.07, 6.45) is 0. The number of rotatable bonds is 1. The number of hydrogen-bond donors (Lipinski definition) is 0. The van der Waals surface area contributed by atoms with Gasteiger partial charge >= 0.3 is 0 Å².